The van der Waals surface area contributed by atoms with Crippen molar-refractivity contribution in [2.75, 3.05) is 12.5 Å². The summed E-state index contributed by atoms with van der Waals surface area (Å²) >= 11 is 0. The SMILES string of the molecule is C=Cc1ccccc1C[S+](C)C. The third-order valence-electron chi connectivity index (χ3n) is 1.72. The highest BCUT2D eigenvalue weighted by atomic mass is 32.2. The Morgan fingerprint density at radius 2 is 2.00 bits per heavy atom. The maximum atomic E-state index is 3.80. The molecule has 0 aliphatic carbocycles. The predicted molar refractivity (Wildman–Crippen MR) is 59.5 cm³/mol. The minimum absolute atomic E-state index is 0.474. The summed E-state index contributed by atoms with van der Waals surface area (Å²) < 4.78 is 0. The molecule has 0 unspecified atom stereocenters. The molecule has 0 aliphatic rings. The maximum Gasteiger partial charge on any atom is 0.133 e. The van der Waals surface area contributed by atoms with Crippen molar-refractivity contribution < 1.29 is 0 Å². The van der Waals surface area contributed by atoms with Crippen LogP contribution in [0.15, 0.2) is 30.8 Å². The lowest BCUT2D eigenvalue weighted by atomic mass is 10.1. The Morgan fingerprint density at radius 1 is 1.33 bits per heavy atom. The molecule has 0 spiro atoms. The van der Waals surface area contributed by atoms with Crippen LogP contribution in [0.2, 0.25) is 0 Å². The van der Waals surface area contributed by atoms with Gasteiger partial charge in [0, 0.05) is 5.56 Å². The second-order valence-electron chi connectivity index (χ2n) is 3.03. The summed E-state index contributed by atoms with van der Waals surface area (Å²) in [6.07, 6.45) is 6.46. The summed E-state index contributed by atoms with van der Waals surface area (Å²) in [5, 5.41) is 0. The molecule has 1 aromatic rings. The normalized spacial score (nSPS) is 10.2. The van der Waals surface area contributed by atoms with E-state index in [9.17, 15) is 0 Å². The van der Waals surface area contributed by atoms with Gasteiger partial charge in [0.25, 0.3) is 0 Å². The lowest BCUT2D eigenvalue weighted by Crippen LogP contribution is -2.00. The second kappa shape index (κ2) is 4.36. The van der Waals surface area contributed by atoms with Crippen LogP contribution in [0, 0.1) is 0 Å². The van der Waals surface area contributed by atoms with Gasteiger partial charge in [-0.05, 0) is 16.5 Å². The molecule has 0 atom stereocenters. The number of hydrogen-bond donors (Lipinski definition) is 0. The first-order valence-electron chi connectivity index (χ1n) is 3.98. The van der Waals surface area contributed by atoms with Crippen molar-refractivity contribution in [1.82, 2.24) is 0 Å². The van der Waals surface area contributed by atoms with Crippen LogP contribution in [0.4, 0.5) is 0 Å². The average Bonchev–Trinajstić information content (AvgIpc) is 2.04. The smallest absolute Gasteiger partial charge is 0.0985 e. The van der Waals surface area contributed by atoms with Gasteiger partial charge in [0.15, 0.2) is 0 Å². The summed E-state index contributed by atoms with van der Waals surface area (Å²) in [4.78, 5) is 0. The molecule has 0 fully saturated rings. The van der Waals surface area contributed by atoms with Crippen molar-refractivity contribution in [3.8, 4) is 0 Å². The van der Waals surface area contributed by atoms with Gasteiger partial charge in [0.1, 0.15) is 5.75 Å². The summed E-state index contributed by atoms with van der Waals surface area (Å²) in [7, 11) is 0.474. The molecule has 1 heteroatoms. The fourth-order valence-electron chi connectivity index (χ4n) is 1.18. The highest BCUT2D eigenvalue weighted by Crippen LogP contribution is 2.12. The highest BCUT2D eigenvalue weighted by molar-refractivity contribution is 7.94. The van der Waals surface area contributed by atoms with Crippen molar-refractivity contribution in [2.24, 2.45) is 0 Å². The molecule has 1 aromatic carbocycles. The van der Waals surface area contributed by atoms with Crippen LogP contribution in [0.1, 0.15) is 11.1 Å². The Morgan fingerprint density at radius 3 is 2.58 bits per heavy atom. The molecule has 0 aromatic heterocycles. The zero-order valence-electron chi connectivity index (χ0n) is 7.71. The Labute approximate surface area is 77.7 Å². The molecule has 0 saturated carbocycles. The van der Waals surface area contributed by atoms with Crippen LogP contribution >= 0.6 is 0 Å². The van der Waals surface area contributed by atoms with E-state index < -0.39 is 0 Å². The van der Waals surface area contributed by atoms with Gasteiger partial charge >= 0.3 is 0 Å². The minimum atomic E-state index is 0.474. The first kappa shape index (κ1) is 9.40. The van der Waals surface area contributed by atoms with Crippen LogP contribution in [0.3, 0.4) is 0 Å². The van der Waals surface area contributed by atoms with Crippen LogP contribution in [0.25, 0.3) is 6.08 Å². The van der Waals surface area contributed by atoms with Crippen LogP contribution in [-0.2, 0) is 16.6 Å². The fraction of sp³-hybridized carbons (Fsp3) is 0.273. The summed E-state index contributed by atoms with van der Waals surface area (Å²) in [6, 6.07) is 8.46. The van der Waals surface area contributed by atoms with Crippen LogP contribution in [-0.4, -0.2) is 12.5 Å². The van der Waals surface area contributed by atoms with Gasteiger partial charge in [0.2, 0.25) is 0 Å². The maximum absolute atomic E-state index is 3.80. The van der Waals surface area contributed by atoms with E-state index in [1.165, 1.54) is 16.9 Å². The van der Waals surface area contributed by atoms with Crippen molar-refractivity contribution in [2.45, 2.75) is 5.75 Å². The Balaban J connectivity index is 2.89. The molecule has 0 saturated heterocycles. The first-order valence-corrected chi connectivity index (χ1v) is 6.19. The summed E-state index contributed by atoms with van der Waals surface area (Å²) in [5.41, 5.74) is 2.69. The topological polar surface area (TPSA) is 0 Å². The van der Waals surface area contributed by atoms with Crippen LogP contribution < -0.4 is 0 Å². The van der Waals surface area contributed by atoms with E-state index in [1.54, 1.807) is 0 Å². The molecule has 0 aliphatic heterocycles. The average molecular weight is 179 g/mol. The zero-order valence-corrected chi connectivity index (χ0v) is 8.53. The first-order chi connectivity index (χ1) is 5.74. The Hall–Kier alpha value is -0.690. The Kier molecular flexibility index (Phi) is 3.42. The Bertz CT molecular complexity index is 263. The molecule has 0 amide bonds. The van der Waals surface area contributed by atoms with E-state index in [0.717, 1.165) is 0 Å². The lowest BCUT2D eigenvalue weighted by molar-refractivity contribution is 1.38. The molecule has 12 heavy (non-hydrogen) atoms. The van der Waals surface area contributed by atoms with Gasteiger partial charge in [-0.1, -0.05) is 36.9 Å². The second-order valence-corrected chi connectivity index (χ2v) is 5.29. The lowest BCUT2D eigenvalue weighted by Gasteiger charge is -2.02. The molecule has 1 rings (SSSR count). The van der Waals surface area contributed by atoms with Gasteiger partial charge in [-0.15, -0.1) is 0 Å². The highest BCUT2D eigenvalue weighted by Gasteiger charge is 2.06. The number of hydrogen-bond acceptors (Lipinski definition) is 0. The number of rotatable bonds is 3. The standard InChI is InChI=1S/C11H15S/c1-4-10-7-5-6-8-11(10)9-12(2)3/h4-8H,1,9H2,2-3H3/q+1. The number of benzene rings is 1. The summed E-state index contributed by atoms with van der Waals surface area (Å²) in [5.74, 6) is 1.17. The van der Waals surface area contributed by atoms with Crippen molar-refractivity contribution >= 4 is 17.0 Å². The van der Waals surface area contributed by atoms with Crippen LogP contribution in [0.5, 0.6) is 0 Å². The van der Waals surface area contributed by atoms with Gasteiger partial charge in [0.05, 0.1) is 12.5 Å². The van der Waals surface area contributed by atoms with E-state index >= 15 is 0 Å². The minimum Gasteiger partial charge on any atom is -0.0985 e. The third-order valence-corrected chi connectivity index (χ3v) is 2.61. The van der Waals surface area contributed by atoms with Gasteiger partial charge < -0.3 is 0 Å². The van der Waals surface area contributed by atoms with Crippen molar-refractivity contribution in [3.63, 3.8) is 0 Å². The molecular formula is C11H15S+. The fourth-order valence-corrected chi connectivity index (χ4v) is 2.06. The van der Waals surface area contributed by atoms with E-state index in [1.807, 2.05) is 6.08 Å². The van der Waals surface area contributed by atoms with Crippen molar-refractivity contribution in [3.05, 3.63) is 42.0 Å². The van der Waals surface area contributed by atoms with E-state index in [0.29, 0.717) is 10.9 Å². The predicted octanol–water partition coefficient (Wildman–Crippen LogP) is 2.71. The van der Waals surface area contributed by atoms with E-state index in [-0.39, 0.29) is 0 Å². The molecule has 0 nitrogen and oxygen atoms in total. The third kappa shape index (κ3) is 2.42. The van der Waals surface area contributed by atoms with E-state index in [2.05, 4.69) is 43.4 Å². The molecule has 0 N–H and O–H groups in total. The molecule has 0 bridgehead atoms. The van der Waals surface area contributed by atoms with Gasteiger partial charge in [-0.2, -0.15) is 0 Å². The summed E-state index contributed by atoms with van der Waals surface area (Å²) in [6.45, 7) is 3.80. The van der Waals surface area contributed by atoms with E-state index in [4.69, 9.17) is 0 Å². The molecule has 64 valence electrons. The molecular weight excluding hydrogens is 164 g/mol. The van der Waals surface area contributed by atoms with Gasteiger partial charge in [-0.3, -0.25) is 0 Å². The quantitative estimate of drug-likeness (QED) is 0.626. The van der Waals surface area contributed by atoms with Gasteiger partial charge in [-0.25, -0.2) is 0 Å². The molecule has 0 heterocycles. The largest absolute Gasteiger partial charge is 0.133 e. The monoisotopic (exact) mass is 179 g/mol. The molecule has 0 radical (unpaired) electrons. The van der Waals surface area contributed by atoms with Crippen molar-refractivity contribution in [1.29, 1.82) is 0 Å². The zero-order chi connectivity index (χ0) is 8.97.